The normalized spacial score (nSPS) is 21.1. The van der Waals surface area contributed by atoms with Crippen LogP contribution < -0.4 is 5.32 Å². The number of imide groups is 1. The molecule has 7 nitrogen and oxygen atoms in total. The van der Waals surface area contributed by atoms with Gasteiger partial charge in [-0.2, -0.15) is 0 Å². The summed E-state index contributed by atoms with van der Waals surface area (Å²) in [4.78, 5) is 50.0. The maximum Gasteiger partial charge on any atom is 0.338 e. The van der Waals surface area contributed by atoms with Crippen molar-refractivity contribution in [3.05, 3.63) is 42.0 Å². The highest BCUT2D eigenvalue weighted by Gasteiger charge is 2.46. The van der Waals surface area contributed by atoms with E-state index in [1.807, 2.05) is 12.2 Å². The SMILES string of the molecule is CCOC(=O)c1cccc(NC(=O)CCN2C(=O)[C@@H]3CC=CC[C@H]3C2=O)c1. The molecule has 0 radical (unpaired) electrons. The van der Waals surface area contributed by atoms with Crippen LogP contribution in [0, 0.1) is 11.8 Å². The van der Waals surface area contributed by atoms with Gasteiger partial charge in [-0.15, -0.1) is 0 Å². The minimum absolute atomic E-state index is 0.00792. The topological polar surface area (TPSA) is 92.8 Å². The predicted octanol–water partition coefficient (Wildman–Crippen LogP) is 2.14. The van der Waals surface area contributed by atoms with Crippen LogP contribution in [-0.4, -0.2) is 41.7 Å². The number of likely N-dealkylation sites (tertiary alicyclic amines) is 1. The first-order valence-corrected chi connectivity index (χ1v) is 9.08. The lowest BCUT2D eigenvalue weighted by atomic mass is 9.85. The third kappa shape index (κ3) is 4.07. The van der Waals surface area contributed by atoms with Crippen LogP contribution in [0.3, 0.4) is 0 Å². The first-order chi connectivity index (χ1) is 13.0. The molecule has 0 spiro atoms. The van der Waals surface area contributed by atoms with Crippen molar-refractivity contribution in [3.8, 4) is 0 Å². The van der Waals surface area contributed by atoms with Gasteiger partial charge in [-0.3, -0.25) is 19.3 Å². The third-order valence-corrected chi connectivity index (χ3v) is 4.82. The smallest absolute Gasteiger partial charge is 0.338 e. The number of esters is 1. The van der Waals surface area contributed by atoms with Crippen LogP contribution in [-0.2, 0) is 19.1 Å². The van der Waals surface area contributed by atoms with Gasteiger partial charge in [0.15, 0.2) is 0 Å². The van der Waals surface area contributed by atoms with Crippen LogP contribution in [0.25, 0.3) is 0 Å². The van der Waals surface area contributed by atoms with E-state index in [0.717, 1.165) is 0 Å². The Labute approximate surface area is 157 Å². The Morgan fingerprint density at radius 2 is 1.81 bits per heavy atom. The fraction of sp³-hybridized carbons (Fsp3) is 0.400. The average molecular weight is 370 g/mol. The average Bonchev–Trinajstić information content (AvgIpc) is 2.91. The number of carbonyl (C=O) groups is 4. The summed E-state index contributed by atoms with van der Waals surface area (Å²) in [6.07, 6.45) is 5.03. The molecule has 1 aliphatic carbocycles. The van der Waals surface area contributed by atoms with Crippen LogP contribution in [0.1, 0.15) is 36.5 Å². The van der Waals surface area contributed by atoms with Crippen LogP contribution >= 0.6 is 0 Å². The lowest BCUT2D eigenvalue weighted by molar-refractivity contribution is -0.140. The Bertz CT molecular complexity index is 775. The second-order valence-corrected chi connectivity index (χ2v) is 6.58. The molecule has 0 saturated carbocycles. The van der Waals surface area contributed by atoms with Gasteiger partial charge in [0.25, 0.3) is 0 Å². The van der Waals surface area contributed by atoms with E-state index in [1.165, 1.54) is 11.0 Å². The molecule has 3 rings (SSSR count). The quantitative estimate of drug-likeness (QED) is 0.470. The van der Waals surface area contributed by atoms with Crippen LogP contribution in [0.5, 0.6) is 0 Å². The number of amides is 3. The van der Waals surface area contributed by atoms with Crippen molar-refractivity contribution < 1.29 is 23.9 Å². The number of hydrogen-bond acceptors (Lipinski definition) is 5. The van der Waals surface area contributed by atoms with E-state index in [-0.39, 0.29) is 49.1 Å². The van der Waals surface area contributed by atoms with Gasteiger partial charge < -0.3 is 10.1 Å². The van der Waals surface area contributed by atoms with Crippen molar-refractivity contribution in [2.75, 3.05) is 18.5 Å². The summed E-state index contributed by atoms with van der Waals surface area (Å²) in [5.41, 5.74) is 0.804. The summed E-state index contributed by atoms with van der Waals surface area (Å²) < 4.78 is 4.93. The molecule has 1 fully saturated rings. The number of anilines is 1. The molecule has 2 atom stereocenters. The number of carbonyl (C=O) groups excluding carboxylic acids is 4. The number of ether oxygens (including phenoxy) is 1. The van der Waals surface area contributed by atoms with Crippen molar-refractivity contribution in [2.45, 2.75) is 26.2 Å². The Balaban J connectivity index is 1.56. The fourth-order valence-corrected chi connectivity index (χ4v) is 3.46. The summed E-state index contributed by atoms with van der Waals surface area (Å²) in [6, 6.07) is 6.44. The molecule has 0 aromatic heterocycles. The fourth-order valence-electron chi connectivity index (χ4n) is 3.46. The van der Waals surface area contributed by atoms with Crippen LogP contribution in [0.2, 0.25) is 0 Å². The zero-order chi connectivity index (χ0) is 19.4. The minimum atomic E-state index is -0.460. The van der Waals surface area contributed by atoms with Crippen molar-refractivity contribution in [3.63, 3.8) is 0 Å². The number of rotatable bonds is 6. The molecule has 1 heterocycles. The molecule has 1 aromatic rings. The molecule has 27 heavy (non-hydrogen) atoms. The van der Waals surface area contributed by atoms with Gasteiger partial charge in [-0.1, -0.05) is 18.2 Å². The summed E-state index contributed by atoms with van der Waals surface area (Å²) in [7, 11) is 0. The van der Waals surface area contributed by atoms with Gasteiger partial charge in [0.05, 0.1) is 24.0 Å². The van der Waals surface area contributed by atoms with Crippen molar-refractivity contribution >= 4 is 29.4 Å². The van der Waals surface area contributed by atoms with E-state index < -0.39 is 5.97 Å². The highest BCUT2D eigenvalue weighted by atomic mass is 16.5. The molecule has 0 unspecified atom stereocenters. The molecular formula is C20H22N2O5. The number of hydrogen-bond donors (Lipinski definition) is 1. The molecule has 3 amide bonds. The Morgan fingerprint density at radius 3 is 2.44 bits per heavy atom. The molecule has 142 valence electrons. The van der Waals surface area contributed by atoms with Gasteiger partial charge >= 0.3 is 5.97 Å². The van der Waals surface area contributed by atoms with E-state index in [1.54, 1.807) is 25.1 Å². The highest BCUT2D eigenvalue weighted by Crippen LogP contribution is 2.35. The molecule has 1 aliphatic heterocycles. The van der Waals surface area contributed by atoms with Crippen LogP contribution in [0.15, 0.2) is 36.4 Å². The first kappa shape index (κ1) is 18.8. The lowest BCUT2D eigenvalue weighted by Gasteiger charge is -2.14. The molecule has 1 aromatic carbocycles. The van der Waals surface area contributed by atoms with Gasteiger partial charge in [0.1, 0.15) is 0 Å². The van der Waals surface area contributed by atoms with Gasteiger partial charge in [0, 0.05) is 18.7 Å². The van der Waals surface area contributed by atoms with Gasteiger partial charge in [-0.25, -0.2) is 4.79 Å². The van der Waals surface area contributed by atoms with Gasteiger partial charge in [-0.05, 0) is 38.0 Å². The number of benzene rings is 1. The Kier molecular flexibility index (Phi) is 5.69. The van der Waals surface area contributed by atoms with Crippen molar-refractivity contribution in [1.82, 2.24) is 4.90 Å². The van der Waals surface area contributed by atoms with E-state index in [4.69, 9.17) is 4.74 Å². The number of allylic oxidation sites excluding steroid dienone is 2. The first-order valence-electron chi connectivity index (χ1n) is 9.08. The maximum atomic E-state index is 12.4. The standard InChI is InChI=1S/C20H22N2O5/c1-2-27-20(26)13-6-5-7-14(12-13)21-17(23)10-11-22-18(24)15-8-3-4-9-16(15)19(22)25/h3-7,12,15-16H,2,8-11H2,1H3,(H,21,23)/t15-,16-/m1/s1. The van der Waals surface area contributed by atoms with E-state index in [9.17, 15) is 19.2 Å². The minimum Gasteiger partial charge on any atom is -0.462 e. The van der Waals surface area contributed by atoms with Crippen molar-refractivity contribution in [2.24, 2.45) is 11.8 Å². The Hall–Kier alpha value is -2.96. The van der Waals surface area contributed by atoms with Crippen LogP contribution in [0.4, 0.5) is 5.69 Å². The van der Waals surface area contributed by atoms with Crippen molar-refractivity contribution in [1.29, 1.82) is 0 Å². The molecule has 2 aliphatic rings. The zero-order valence-corrected chi connectivity index (χ0v) is 15.1. The monoisotopic (exact) mass is 370 g/mol. The third-order valence-electron chi connectivity index (χ3n) is 4.82. The maximum absolute atomic E-state index is 12.4. The second-order valence-electron chi connectivity index (χ2n) is 6.58. The molecule has 1 saturated heterocycles. The largest absolute Gasteiger partial charge is 0.462 e. The second kappa shape index (κ2) is 8.16. The summed E-state index contributed by atoms with van der Waals surface area (Å²) in [5, 5.41) is 2.69. The van der Waals surface area contributed by atoms with E-state index in [0.29, 0.717) is 24.1 Å². The number of nitrogens with zero attached hydrogens (tertiary/aromatic N) is 1. The van der Waals surface area contributed by atoms with E-state index >= 15 is 0 Å². The summed E-state index contributed by atoms with van der Waals surface area (Å²) in [6.45, 7) is 2.05. The molecular weight excluding hydrogens is 348 g/mol. The van der Waals surface area contributed by atoms with E-state index in [2.05, 4.69) is 5.32 Å². The highest BCUT2D eigenvalue weighted by molar-refractivity contribution is 6.06. The Morgan fingerprint density at radius 1 is 1.15 bits per heavy atom. The number of fused-ring (bicyclic) bond motifs is 1. The zero-order valence-electron chi connectivity index (χ0n) is 15.1. The number of nitrogens with one attached hydrogen (secondary N) is 1. The summed E-state index contributed by atoms with van der Waals surface area (Å²) in [5.74, 6) is -1.74. The van der Waals surface area contributed by atoms with Gasteiger partial charge in [0.2, 0.25) is 17.7 Å². The predicted molar refractivity (Wildman–Crippen MR) is 97.7 cm³/mol. The molecule has 0 bridgehead atoms. The molecule has 7 heteroatoms. The lowest BCUT2D eigenvalue weighted by Crippen LogP contribution is -2.34. The summed E-state index contributed by atoms with van der Waals surface area (Å²) >= 11 is 0. The molecule has 1 N–H and O–H groups in total.